The maximum absolute atomic E-state index is 12.6. The number of hydrogen-bond acceptors (Lipinski definition) is 3. The van der Waals surface area contributed by atoms with Crippen molar-refractivity contribution in [3.05, 3.63) is 0 Å². The fourth-order valence-corrected chi connectivity index (χ4v) is 3.77. The third-order valence-electron chi connectivity index (χ3n) is 5.15. The number of nitrogens with one attached hydrogen (secondary N) is 1. The van der Waals surface area contributed by atoms with Crippen molar-refractivity contribution in [1.82, 2.24) is 10.2 Å². The molecule has 126 valence electrons. The molecule has 0 aromatic carbocycles. The van der Waals surface area contributed by atoms with E-state index in [0.29, 0.717) is 25.4 Å². The topological polar surface area (TPSA) is 75.4 Å². The van der Waals surface area contributed by atoms with E-state index in [1.807, 2.05) is 11.8 Å². The molecule has 3 unspecified atom stereocenters. The first-order valence-corrected chi connectivity index (χ1v) is 8.94. The van der Waals surface area contributed by atoms with Gasteiger partial charge in [-0.1, -0.05) is 19.8 Å². The summed E-state index contributed by atoms with van der Waals surface area (Å²) in [4.78, 5) is 26.5. The standard InChI is InChI=1S/C17H31N3O2/c1-2-6-16(21)20-10-5-8-14(12-20)17(22)19-15-9-4-3-7-13(15)11-18/h13-15H,2-12,18H2,1H3,(H,19,22). The van der Waals surface area contributed by atoms with Gasteiger partial charge < -0.3 is 16.0 Å². The van der Waals surface area contributed by atoms with Crippen molar-refractivity contribution in [3.8, 4) is 0 Å². The second-order valence-electron chi connectivity index (χ2n) is 6.82. The number of carbonyl (C=O) groups excluding carboxylic acids is 2. The Bertz CT molecular complexity index is 386. The van der Waals surface area contributed by atoms with Gasteiger partial charge in [0.1, 0.15) is 0 Å². The molecule has 2 aliphatic rings. The first-order chi connectivity index (χ1) is 10.7. The molecule has 0 aromatic rings. The molecular formula is C17H31N3O2. The van der Waals surface area contributed by atoms with Gasteiger partial charge in [-0.2, -0.15) is 0 Å². The maximum Gasteiger partial charge on any atom is 0.225 e. The van der Waals surface area contributed by atoms with E-state index in [4.69, 9.17) is 5.73 Å². The Morgan fingerprint density at radius 1 is 1.18 bits per heavy atom. The summed E-state index contributed by atoms with van der Waals surface area (Å²) in [5.74, 6) is 0.686. The van der Waals surface area contributed by atoms with E-state index in [9.17, 15) is 9.59 Å². The molecule has 22 heavy (non-hydrogen) atoms. The first kappa shape index (κ1) is 17.3. The van der Waals surface area contributed by atoms with E-state index in [1.165, 1.54) is 12.8 Å². The average molecular weight is 309 g/mol. The molecule has 0 radical (unpaired) electrons. The minimum Gasteiger partial charge on any atom is -0.353 e. The van der Waals surface area contributed by atoms with Crippen LogP contribution in [0.3, 0.4) is 0 Å². The van der Waals surface area contributed by atoms with Crippen LogP contribution in [0.4, 0.5) is 0 Å². The Hall–Kier alpha value is -1.10. The summed E-state index contributed by atoms with van der Waals surface area (Å²) in [6.45, 7) is 4.06. The largest absolute Gasteiger partial charge is 0.353 e. The van der Waals surface area contributed by atoms with Gasteiger partial charge >= 0.3 is 0 Å². The molecule has 1 saturated heterocycles. The zero-order valence-corrected chi connectivity index (χ0v) is 13.9. The molecule has 0 spiro atoms. The molecule has 5 nitrogen and oxygen atoms in total. The lowest BCUT2D eigenvalue weighted by atomic mass is 9.84. The van der Waals surface area contributed by atoms with Crippen molar-refractivity contribution in [2.75, 3.05) is 19.6 Å². The number of piperidine rings is 1. The van der Waals surface area contributed by atoms with Crippen LogP contribution in [0.25, 0.3) is 0 Å². The molecule has 3 atom stereocenters. The average Bonchev–Trinajstić information content (AvgIpc) is 2.55. The van der Waals surface area contributed by atoms with Crippen LogP contribution >= 0.6 is 0 Å². The third-order valence-corrected chi connectivity index (χ3v) is 5.15. The highest BCUT2D eigenvalue weighted by Gasteiger charge is 2.31. The number of likely N-dealkylation sites (tertiary alicyclic amines) is 1. The number of carbonyl (C=O) groups is 2. The summed E-state index contributed by atoms with van der Waals surface area (Å²) in [6.07, 6.45) is 7.83. The van der Waals surface area contributed by atoms with Gasteiger partial charge in [-0.15, -0.1) is 0 Å². The zero-order chi connectivity index (χ0) is 15.9. The molecule has 1 heterocycles. The Morgan fingerprint density at radius 3 is 2.68 bits per heavy atom. The predicted molar refractivity (Wildman–Crippen MR) is 87.2 cm³/mol. The van der Waals surface area contributed by atoms with E-state index in [-0.39, 0.29) is 23.8 Å². The van der Waals surface area contributed by atoms with Crippen LogP contribution < -0.4 is 11.1 Å². The molecule has 2 rings (SSSR count). The lowest BCUT2D eigenvalue weighted by Crippen LogP contribution is -2.50. The number of hydrogen-bond donors (Lipinski definition) is 2. The molecule has 5 heteroatoms. The van der Waals surface area contributed by atoms with E-state index >= 15 is 0 Å². The quantitative estimate of drug-likeness (QED) is 0.811. The zero-order valence-electron chi connectivity index (χ0n) is 13.9. The van der Waals surface area contributed by atoms with Gasteiger partial charge in [0, 0.05) is 25.6 Å². The molecule has 1 aliphatic carbocycles. The van der Waals surface area contributed by atoms with E-state index < -0.39 is 0 Å². The van der Waals surface area contributed by atoms with Gasteiger partial charge in [-0.25, -0.2) is 0 Å². The van der Waals surface area contributed by atoms with Crippen LogP contribution in [0.1, 0.15) is 58.3 Å². The van der Waals surface area contributed by atoms with Crippen molar-refractivity contribution in [3.63, 3.8) is 0 Å². The van der Waals surface area contributed by atoms with Gasteiger partial charge in [0.05, 0.1) is 5.92 Å². The van der Waals surface area contributed by atoms with Gasteiger partial charge in [0.15, 0.2) is 0 Å². The summed E-state index contributed by atoms with van der Waals surface area (Å²) in [5.41, 5.74) is 5.84. The highest BCUT2D eigenvalue weighted by atomic mass is 16.2. The number of nitrogens with zero attached hydrogens (tertiary/aromatic N) is 1. The Morgan fingerprint density at radius 2 is 1.95 bits per heavy atom. The highest BCUT2D eigenvalue weighted by Crippen LogP contribution is 2.25. The lowest BCUT2D eigenvalue weighted by Gasteiger charge is -2.35. The second kappa shape index (κ2) is 8.51. The van der Waals surface area contributed by atoms with Crippen LogP contribution in [-0.4, -0.2) is 42.4 Å². The second-order valence-corrected chi connectivity index (χ2v) is 6.82. The summed E-state index contributed by atoms with van der Waals surface area (Å²) in [6, 6.07) is 0.230. The van der Waals surface area contributed by atoms with E-state index in [0.717, 1.165) is 38.6 Å². The molecule has 2 fully saturated rings. The molecule has 2 amide bonds. The molecular weight excluding hydrogens is 278 g/mol. The van der Waals surface area contributed by atoms with Gasteiger partial charge in [0.2, 0.25) is 11.8 Å². The summed E-state index contributed by atoms with van der Waals surface area (Å²) in [7, 11) is 0. The summed E-state index contributed by atoms with van der Waals surface area (Å²) >= 11 is 0. The van der Waals surface area contributed by atoms with Crippen LogP contribution in [0, 0.1) is 11.8 Å². The monoisotopic (exact) mass is 309 g/mol. The van der Waals surface area contributed by atoms with E-state index in [1.54, 1.807) is 0 Å². The molecule has 1 saturated carbocycles. The smallest absolute Gasteiger partial charge is 0.225 e. The highest BCUT2D eigenvalue weighted by molar-refractivity contribution is 5.81. The number of amides is 2. The minimum absolute atomic E-state index is 0.0464. The van der Waals surface area contributed by atoms with Crippen LogP contribution in [0.5, 0.6) is 0 Å². The van der Waals surface area contributed by atoms with Crippen molar-refractivity contribution < 1.29 is 9.59 Å². The van der Waals surface area contributed by atoms with Crippen molar-refractivity contribution >= 4 is 11.8 Å². The summed E-state index contributed by atoms with van der Waals surface area (Å²) in [5, 5.41) is 3.22. The SMILES string of the molecule is CCCC(=O)N1CCCC(C(=O)NC2CCCCC2CN)C1. The molecule has 0 bridgehead atoms. The maximum atomic E-state index is 12.6. The van der Waals surface area contributed by atoms with Crippen molar-refractivity contribution in [2.24, 2.45) is 17.6 Å². The van der Waals surface area contributed by atoms with Crippen LogP contribution in [0.2, 0.25) is 0 Å². The van der Waals surface area contributed by atoms with Gasteiger partial charge in [-0.05, 0) is 44.6 Å². The van der Waals surface area contributed by atoms with Crippen LogP contribution in [0.15, 0.2) is 0 Å². The van der Waals surface area contributed by atoms with Crippen LogP contribution in [-0.2, 0) is 9.59 Å². The Kier molecular flexibility index (Phi) is 6.68. The first-order valence-electron chi connectivity index (χ1n) is 8.94. The minimum atomic E-state index is -0.0464. The van der Waals surface area contributed by atoms with Gasteiger partial charge in [-0.3, -0.25) is 9.59 Å². The Labute approximate surface area is 134 Å². The normalized spacial score (nSPS) is 29.2. The van der Waals surface area contributed by atoms with Crippen molar-refractivity contribution in [2.45, 2.75) is 64.3 Å². The van der Waals surface area contributed by atoms with Crippen molar-refractivity contribution in [1.29, 1.82) is 0 Å². The number of rotatable bonds is 5. The van der Waals surface area contributed by atoms with E-state index in [2.05, 4.69) is 5.32 Å². The molecule has 0 aromatic heterocycles. The molecule has 1 aliphatic heterocycles. The predicted octanol–water partition coefficient (Wildman–Crippen LogP) is 1.66. The fraction of sp³-hybridized carbons (Fsp3) is 0.882. The third kappa shape index (κ3) is 4.45. The number of nitrogens with two attached hydrogens (primary N) is 1. The fourth-order valence-electron chi connectivity index (χ4n) is 3.77. The van der Waals surface area contributed by atoms with Gasteiger partial charge in [0.25, 0.3) is 0 Å². The lowest BCUT2D eigenvalue weighted by molar-refractivity contribution is -0.136. The summed E-state index contributed by atoms with van der Waals surface area (Å²) < 4.78 is 0. The molecule has 3 N–H and O–H groups in total. The Balaban J connectivity index is 1.87.